The van der Waals surface area contributed by atoms with E-state index in [1.54, 1.807) is 0 Å². The Balaban J connectivity index is 2.29. The van der Waals surface area contributed by atoms with E-state index in [1.165, 1.54) is 45.4 Å². The standard InChI is InChI=1S/C40H62O/c1-32(2)18-13-21-35(5)24-16-27-36(6)25-14-22-33(3)19-11-12-20-34(4)23-15-26-37(7)28-17-29-38(8)30-31-39-40(9,10)41-39/h11-12,14,18-20,22,24-26,29,39H,13,15-17,21,23,27-28,30-31H2,1-10H3. The normalized spacial score (nSPS) is 19.0. The van der Waals surface area contributed by atoms with Gasteiger partial charge in [0.25, 0.3) is 0 Å². The van der Waals surface area contributed by atoms with E-state index in [-0.39, 0.29) is 5.60 Å². The summed E-state index contributed by atoms with van der Waals surface area (Å²) in [5.74, 6) is 0. The molecule has 0 N–H and O–H groups in total. The highest BCUT2D eigenvalue weighted by atomic mass is 16.6. The van der Waals surface area contributed by atoms with Crippen LogP contribution in [0.15, 0.2) is 106 Å². The largest absolute Gasteiger partial charge is 0.367 e. The Bertz CT molecular complexity index is 1050. The lowest BCUT2D eigenvalue weighted by Gasteiger charge is -2.03. The van der Waals surface area contributed by atoms with Gasteiger partial charge in [0.1, 0.15) is 0 Å². The summed E-state index contributed by atoms with van der Waals surface area (Å²) >= 11 is 0. The molecule has 1 heterocycles. The second-order valence-corrected chi connectivity index (χ2v) is 13.0. The average molecular weight is 559 g/mol. The lowest BCUT2D eigenvalue weighted by atomic mass is 10.0. The molecule has 1 nitrogen and oxygen atoms in total. The molecular formula is C40H62O. The molecule has 1 fully saturated rings. The number of allylic oxidation sites excluding steroid dienone is 18. The third-order valence-electron chi connectivity index (χ3n) is 7.74. The Morgan fingerprint density at radius 3 is 1.44 bits per heavy atom. The van der Waals surface area contributed by atoms with Crippen LogP contribution in [0, 0.1) is 0 Å². The predicted octanol–water partition coefficient (Wildman–Crippen LogP) is 12.8. The summed E-state index contributed by atoms with van der Waals surface area (Å²) in [6.07, 6.45) is 36.8. The van der Waals surface area contributed by atoms with Crippen LogP contribution >= 0.6 is 0 Å². The molecule has 0 bridgehead atoms. The molecule has 0 aromatic heterocycles. The van der Waals surface area contributed by atoms with E-state index in [1.807, 2.05) is 0 Å². The second-order valence-electron chi connectivity index (χ2n) is 13.0. The Morgan fingerprint density at radius 1 is 0.537 bits per heavy atom. The molecule has 0 aliphatic carbocycles. The number of epoxide rings is 1. The van der Waals surface area contributed by atoms with E-state index in [0.717, 1.165) is 57.8 Å². The van der Waals surface area contributed by atoms with Crippen LogP contribution in [-0.2, 0) is 4.74 Å². The van der Waals surface area contributed by atoms with Crippen LogP contribution in [0.4, 0.5) is 0 Å². The lowest BCUT2D eigenvalue weighted by molar-refractivity contribution is 0.320. The smallest absolute Gasteiger partial charge is 0.0892 e. The highest BCUT2D eigenvalue weighted by molar-refractivity contribution is 5.27. The Morgan fingerprint density at radius 2 is 0.951 bits per heavy atom. The Hall–Kier alpha value is -2.38. The predicted molar refractivity (Wildman–Crippen MR) is 185 cm³/mol. The van der Waals surface area contributed by atoms with Gasteiger partial charge in [-0.25, -0.2) is 0 Å². The first kappa shape index (κ1) is 36.6. The number of rotatable bonds is 19. The quantitative estimate of drug-likeness (QED) is 0.0872. The van der Waals surface area contributed by atoms with Crippen molar-refractivity contribution < 1.29 is 4.74 Å². The molecule has 1 aliphatic rings. The number of hydrogen-bond donors (Lipinski definition) is 0. The third kappa shape index (κ3) is 20.2. The molecule has 0 radical (unpaired) electrons. The summed E-state index contributed by atoms with van der Waals surface area (Å²) in [7, 11) is 0. The summed E-state index contributed by atoms with van der Waals surface area (Å²) in [4.78, 5) is 0. The van der Waals surface area contributed by atoms with Crippen LogP contribution in [0.3, 0.4) is 0 Å². The molecule has 0 spiro atoms. The molecule has 41 heavy (non-hydrogen) atoms. The van der Waals surface area contributed by atoms with Crippen LogP contribution in [0.1, 0.15) is 133 Å². The fourth-order valence-corrected chi connectivity index (χ4v) is 4.64. The van der Waals surface area contributed by atoms with E-state index in [9.17, 15) is 0 Å². The maximum absolute atomic E-state index is 5.69. The molecule has 1 rings (SSSR count). The van der Waals surface area contributed by atoms with E-state index < -0.39 is 0 Å². The van der Waals surface area contributed by atoms with Crippen molar-refractivity contribution in [1.82, 2.24) is 0 Å². The highest BCUT2D eigenvalue weighted by Crippen LogP contribution is 2.39. The van der Waals surface area contributed by atoms with Crippen molar-refractivity contribution in [2.24, 2.45) is 0 Å². The van der Waals surface area contributed by atoms with Crippen molar-refractivity contribution in [3.8, 4) is 0 Å². The van der Waals surface area contributed by atoms with Crippen molar-refractivity contribution >= 4 is 0 Å². The Labute approximate surface area is 255 Å². The molecule has 1 aliphatic heterocycles. The van der Waals surface area contributed by atoms with Gasteiger partial charge in [-0.3, -0.25) is 0 Å². The molecule has 1 atom stereocenters. The van der Waals surface area contributed by atoms with E-state index >= 15 is 0 Å². The molecule has 0 aromatic rings. The minimum absolute atomic E-state index is 0.119. The van der Waals surface area contributed by atoms with Gasteiger partial charge in [0, 0.05) is 0 Å². The van der Waals surface area contributed by atoms with Crippen molar-refractivity contribution in [3.05, 3.63) is 106 Å². The van der Waals surface area contributed by atoms with E-state index in [0.29, 0.717) is 6.10 Å². The summed E-state index contributed by atoms with van der Waals surface area (Å²) in [6, 6.07) is 0. The zero-order chi connectivity index (χ0) is 30.7. The molecule has 0 saturated carbocycles. The average Bonchev–Trinajstić information content (AvgIpc) is 3.51. The van der Waals surface area contributed by atoms with Gasteiger partial charge in [-0.15, -0.1) is 0 Å². The van der Waals surface area contributed by atoms with Crippen LogP contribution in [0.5, 0.6) is 0 Å². The van der Waals surface area contributed by atoms with Gasteiger partial charge in [0.05, 0.1) is 11.7 Å². The van der Waals surface area contributed by atoms with Gasteiger partial charge >= 0.3 is 0 Å². The zero-order valence-corrected chi connectivity index (χ0v) is 28.4. The van der Waals surface area contributed by atoms with Crippen LogP contribution in [0.2, 0.25) is 0 Å². The van der Waals surface area contributed by atoms with Crippen molar-refractivity contribution in [3.63, 3.8) is 0 Å². The van der Waals surface area contributed by atoms with Crippen LogP contribution < -0.4 is 0 Å². The van der Waals surface area contributed by atoms with Gasteiger partial charge in [-0.1, -0.05) is 106 Å². The fraction of sp³-hybridized carbons (Fsp3) is 0.550. The Kier molecular flexibility index (Phi) is 18.3. The first-order chi connectivity index (χ1) is 19.4. The van der Waals surface area contributed by atoms with Crippen LogP contribution in [-0.4, -0.2) is 11.7 Å². The summed E-state index contributed by atoms with van der Waals surface area (Å²) in [5, 5.41) is 0. The van der Waals surface area contributed by atoms with Gasteiger partial charge in [0.2, 0.25) is 0 Å². The molecule has 1 saturated heterocycles. The molecule has 228 valence electrons. The third-order valence-corrected chi connectivity index (χ3v) is 7.74. The van der Waals surface area contributed by atoms with Crippen LogP contribution in [0.25, 0.3) is 0 Å². The molecule has 1 unspecified atom stereocenters. The monoisotopic (exact) mass is 558 g/mol. The first-order valence-corrected chi connectivity index (χ1v) is 16.0. The topological polar surface area (TPSA) is 12.5 Å². The highest BCUT2D eigenvalue weighted by Gasteiger charge is 2.46. The number of ether oxygens (including phenoxy) is 1. The second kappa shape index (κ2) is 20.5. The minimum Gasteiger partial charge on any atom is -0.367 e. The lowest BCUT2D eigenvalue weighted by Crippen LogP contribution is -2.02. The summed E-state index contributed by atoms with van der Waals surface area (Å²) in [6.45, 7) is 22.1. The molecular weight excluding hydrogens is 496 g/mol. The number of hydrogen-bond acceptors (Lipinski definition) is 1. The summed E-state index contributed by atoms with van der Waals surface area (Å²) in [5.41, 5.74) is 10.1. The van der Waals surface area contributed by atoms with E-state index in [2.05, 4.69) is 136 Å². The minimum atomic E-state index is 0.119. The SMILES string of the molecule is CC(C)=CCCC(C)=CCCC(C)=CC=CC(C)=CC=CC=C(C)CCC=C(C)CCC=C(C)CCC1OC1(C)C. The summed E-state index contributed by atoms with van der Waals surface area (Å²) < 4.78 is 5.69. The van der Waals surface area contributed by atoms with Gasteiger partial charge in [-0.2, -0.15) is 0 Å². The maximum Gasteiger partial charge on any atom is 0.0892 e. The van der Waals surface area contributed by atoms with Gasteiger partial charge in [-0.05, 0) is 133 Å². The van der Waals surface area contributed by atoms with Gasteiger partial charge < -0.3 is 4.74 Å². The zero-order valence-electron chi connectivity index (χ0n) is 28.4. The van der Waals surface area contributed by atoms with Gasteiger partial charge in [0.15, 0.2) is 0 Å². The van der Waals surface area contributed by atoms with Crippen molar-refractivity contribution in [1.29, 1.82) is 0 Å². The molecule has 1 heteroatoms. The molecule has 0 amide bonds. The van der Waals surface area contributed by atoms with Crippen molar-refractivity contribution in [2.45, 2.75) is 145 Å². The molecule has 0 aromatic carbocycles. The fourth-order valence-electron chi connectivity index (χ4n) is 4.64. The maximum atomic E-state index is 5.69. The first-order valence-electron chi connectivity index (χ1n) is 16.0. The van der Waals surface area contributed by atoms with Crippen molar-refractivity contribution in [2.75, 3.05) is 0 Å². The van der Waals surface area contributed by atoms with E-state index in [4.69, 9.17) is 4.74 Å².